The number of rotatable bonds is 5. The molecule has 0 atom stereocenters. The van der Waals surface area contributed by atoms with Crippen molar-refractivity contribution in [2.75, 3.05) is 0 Å². The van der Waals surface area contributed by atoms with Crippen molar-refractivity contribution in [1.82, 2.24) is 14.8 Å². The van der Waals surface area contributed by atoms with Crippen LogP contribution in [0.25, 0.3) is 0 Å². The van der Waals surface area contributed by atoms with Gasteiger partial charge < -0.3 is 4.74 Å². The van der Waals surface area contributed by atoms with Gasteiger partial charge in [-0.15, -0.1) is 11.6 Å². The fourth-order valence-corrected chi connectivity index (χ4v) is 1.78. The number of nitrogens with zero attached hydrogens (tertiary/aromatic N) is 3. The lowest BCUT2D eigenvalue weighted by Crippen LogP contribution is -1.95. The van der Waals surface area contributed by atoms with Crippen LogP contribution in [0.3, 0.4) is 0 Å². The number of pyridine rings is 1. The van der Waals surface area contributed by atoms with Crippen LogP contribution in [0, 0.1) is 0 Å². The summed E-state index contributed by atoms with van der Waals surface area (Å²) in [5, 5.41) is 4.15. The number of ether oxygens (including phenoxy) is 1. The molecule has 0 aromatic carbocycles. The monoisotopic (exact) mass is 265 g/mol. The van der Waals surface area contributed by atoms with Crippen molar-refractivity contribution >= 4 is 11.6 Å². The molecule has 0 saturated carbocycles. The van der Waals surface area contributed by atoms with Crippen molar-refractivity contribution in [3.63, 3.8) is 0 Å². The van der Waals surface area contributed by atoms with Crippen molar-refractivity contribution in [2.45, 2.75) is 32.7 Å². The molecule has 96 valence electrons. The van der Waals surface area contributed by atoms with Crippen molar-refractivity contribution in [2.24, 2.45) is 0 Å². The fraction of sp³-hybridized carbons (Fsp3) is 0.385. The van der Waals surface area contributed by atoms with Gasteiger partial charge in [0.05, 0.1) is 12.4 Å². The van der Waals surface area contributed by atoms with E-state index in [-0.39, 0.29) is 0 Å². The van der Waals surface area contributed by atoms with Gasteiger partial charge in [-0.1, -0.05) is 6.92 Å². The molecule has 0 unspecified atom stereocenters. The number of hydrogen-bond donors (Lipinski definition) is 0. The normalized spacial score (nSPS) is 10.6. The molecule has 2 rings (SSSR count). The largest absolute Gasteiger partial charge is 0.436 e. The average Bonchev–Trinajstić information content (AvgIpc) is 2.85. The maximum absolute atomic E-state index is 5.86. The maximum Gasteiger partial charge on any atom is 0.219 e. The summed E-state index contributed by atoms with van der Waals surface area (Å²) in [7, 11) is 0. The Labute approximate surface area is 112 Å². The second kappa shape index (κ2) is 5.87. The van der Waals surface area contributed by atoms with E-state index in [0.717, 1.165) is 24.2 Å². The van der Waals surface area contributed by atoms with Crippen LogP contribution in [0.1, 0.15) is 25.1 Å². The predicted octanol–water partition coefficient (Wildman–Crippen LogP) is 3.39. The molecule has 0 amide bonds. The number of hydrogen-bond acceptors (Lipinski definition) is 3. The zero-order chi connectivity index (χ0) is 13.0. The summed E-state index contributed by atoms with van der Waals surface area (Å²) in [5.74, 6) is 1.72. The first-order chi connectivity index (χ1) is 8.75. The molecule has 2 heterocycles. The predicted molar refractivity (Wildman–Crippen MR) is 71.1 cm³/mol. The standard InChI is InChI=1S/C13H16ClN3O/c1-3-11-5-10(7-14)6-13(16-11)18-12-8-15-17(4-2)9-12/h5-6,8-9H,3-4,7H2,1-2H3. The van der Waals surface area contributed by atoms with Gasteiger partial charge in [-0.2, -0.15) is 5.10 Å². The zero-order valence-corrected chi connectivity index (χ0v) is 11.3. The van der Waals surface area contributed by atoms with E-state index in [1.165, 1.54) is 0 Å². The Morgan fingerprint density at radius 3 is 2.78 bits per heavy atom. The summed E-state index contributed by atoms with van der Waals surface area (Å²) in [6.07, 6.45) is 4.39. The minimum Gasteiger partial charge on any atom is -0.436 e. The van der Waals surface area contributed by atoms with Gasteiger partial charge >= 0.3 is 0 Å². The minimum absolute atomic E-state index is 0.458. The first kappa shape index (κ1) is 12.9. The Balaban J connectivity index is 2.22. The molecule has 0 fully saturated rings. The molecule has 0 N–H and O–H groups in total. The molecule has 0 saturated heterocycles. The van der Waals surface area contributed by atoms with E-state index in [2.05, 4.69) is 17.0 Å². The topological polar surface area (TPSA) is 39.9 Å². The van der Waals surface area contributed by atoms with Crippen LogP contribution < -0.4 is 4.74 Å². The van der Waals surface area contributed by atoms with Crippen LogP contribution in [0.5, 0.6) is 11.6 Å². The van der Waals surface area contributed by atoms with Gasteiger partial charge in [0, 0.05) is 24.2 Å². The highest BCUT2D eigenvalue weighted by molar-refractivity contribution is 6.17. The Morgan fingerprint density at radius 2 is 2.17 bits per heavy atom. The van der Waals surface area contributed by atoms with E-state index < -0.39 is 0 Å². The lowest BCUT2D eigenvalue weighted by atomic mass is 10.2. The third-order valence-corrected chi connectivity index (χ3v) is 2.90. The second-order valence-corrected chi connectivity index (χ2v) is 4.19. The van der Waals surface area contributed by atoms with E-state index in [0.29, 0.717) is 17.5 Å². The number of aryl methyl sites for hydroxylation is 2. The van der Waals surface area contributed by atoms with E-state index in [1.807, 2.05) is 29.9 Å². The highest BCUT2D eigenvalue weighted by Gasteiger charge is 2.05. The van der Waals surface area contributed by atoms with Crippen molar-refractivity contribution in [3.8, 4) is 11.6 Å². The Kier molecular flexibility index (Phi) is 4.20. The van der Waals surface area contributed by atoms with Gasteiger partial charge in [-0.25, -0.2) is 4.98 Å². The maximum atomic E-state index is 5.86. The third kappa shape index (κ3) is 3.01. The molecule has 4 nitrogen and oxygen atoms in total. The summed E-state index contributed by atoms with van der Waals surface area (Å²) < 4.78 is 7.50. The van der Waals surface area contributed by atoms with Gasteiger partial charge in [0.2, 0.25) is 5.88 Å². The SMILES string of the molecule is CCc1cc(CCl)cc(Oc2cnn(CC)c2)n1. The molecule has 18 heavy (non-hydrogen) atoms. The lowest BCUT2D eigenvalue weighted by molar-refractivity contribution is 0.459. The van der Waals surface area contributed by atoms with Crippen LogP contribution in [-0.2, 0) is 18.8 Å². The van der Waals surface area contributed by atoms with Gasteiger partial charge in [0.15, 0.2) is 5.75 Å². The molecule has 0 bridgehead atoms. The molecular weight excluding hydrogens is 250 g/mol. The Bertz CT molecular complexity index is 502. The second-order valence-electron chi connectivity index (χ2n) is 3.93. The van der Waals surface area contributed by atoms with E-state index in [9.17, 15) is 0 Å². The number of halogens is 1. The van der Waals surface area contributed by atoms with E-state index in [4.69, 9.17) is 16.3 Å². The first-order valence-corrected chi connectivity index (χ1v) is 6.54. The molecule has 2 aromatic heterocycles. The van der Waals surface area contributed by atoms with E-state index in [1.54, 1.807) is 6.20 Å². The lowest BCUT2D eigenvalue weighted by Gasteiger charge is -2.06. The number of alkyl halides is 1. The molecule has 5 heteroatoms. The summed E-state index contributed by atoms with van der Waals surface area (Å²) in [6, 6.07) is 3.85. The van der Waals surface area contributed by atoms with Crippen LogP contribution >= 0.6 is 11.6 Å². The average molecular weight is 266 g/mol. The van der Waals surface area contributed by atoms with Gasteiger partial charge in [0.1, 0.15) is 0 Å². The van der Waals surface area contributed by atoms with Crippen molar-refractivity contribution in [1.29, 1.82) is 0 Å². The summed E-state index contributed by atoms with van der Waals surface area (Å²) >= 11 is 5.86. The van der Waals surface area contributed by atoms with E-state index >= 15 is 0 Å². The Hall–Kier alpha value is -1.55. The van der Waals surface area contributed by atoms with Crippen molar-refractivity contribution < 1.29 is 4.74 Å². The van der Waals surface area contributed by atoms with Gasteiger partial charge in [-0.3, -0.25) is 4.68 Å². The fourth-order valence-electron chi connectivity index (χ4n) is 1.62. The molecule has 2 aromatic rings. The zero-order valence-electron chi connectivity index (χ0n) is 10.6. The Morgan fingerprint density at radius 1 is 1.33 bits per heavy atom. The molecule has 0 radical (unpaired) electrons. The van der Waals surface area contributed by atoms with Crippen LogP contribution in [0.2, 0.25) is 0 Å². The molecule has 0 spiro atoms. The van der Waals surface area contributed by atoms with Gasteiger partial charge in [-0.05, 0) is 25.0 Å². The summed E-state index contributed by atoms with van der Waals surface area (Å²) in [4.78, 5) is 4.41. The molecule has 0 aliphatic heterocycles. The third-order valence-electron chi connectivity index (χ3n) is 2.59. The van der Waals surface area contributed by atoms with Crippen molar-refractivity contribution in [3.05, 3.63) is 35.8 Å². The molecule has 0 aliphatic rings. The highest BCUT2D eigenvalue weighted by Crippen LogP contribution is 2.21. The summed E-state index contributed by atoms with van der Waals surface area (Å²) in [6.45, 7) is 4.90. The van der Waals surface area contributed by atoms with Gasteiger partial charge in [0.25, 0.3) is 0 Å². The smallest absolute Gasteiger partial charge is 0.219 e. The van der Waals surface area contributed by atoms with Crippen LogP contribution in [0.4, 0.5) is 0 Å². The molecule has 0 aliphatic carbocycles. The first-order valence-electron chi connectivity index (χ1n) is 6.01. The quantitative estimate of drug-likeness (QED) is 0.778. The minimum atomic E-state index is 0.458. The van der Waals surface area contributed by atoms with Crippen LogP contribution in [-0.4, -0.2) is 14.8 Å². The number of aromatic nitrogens is 3. The molecular formula is C13H16ClN3O. The highest BCUT2D eigenvalue weighted by atomic mass is 35.5. The van der Waals surface area contributed by atoms with Crippen LogP contribution in [0.15, 0.2) is 24.5 Å². The summed E-state index contributed by atoms with van der Waals surface area (Å²) in [5.41, 5.74) is 1.99.